The predicted octanol–water partition coefficient (Wildman–Crippen LogP) is 4.98. The number of nitrogens with one attached hydrogen (secondary N) is 3. The van der Waals surface area contributed by atoms with Crippen LogP contribution in [-0.2, 0) is 11.0 Å². The third-order valence-corrected chi connectivity index (χ3v) is 4.58. The molecule has 0 saturated carbocycles. The molecule has 3 aromatic rings. The summed E-state index contributed by atoms with van der Waals surface area (Å²) in [5, 5.41) is 14.7. The van der Waals surface area contributed by atoms with Gasteiger partial charge in [-0.15, -0.1) is 0 Å². The molecule has 3 N–H and O–H groups in total. The fourth-order valence-electron chi connectivity index (χ4n) is 2.51. The lowest BCUT2D eigenvalue weighted by molar-refractivity contribution is -0.383. The van der Waals surface area contributed by atoms with Gasteiger partial charge in [-0.1, -0.05) is 23.2 Å². The molecular formula is C19H13Cl2F3N6O4. The third kappa shape index (κ3) is 6.36. The molecule has 0 atom stereocenters. The average Bonchev–Trinajstić information content (AvgIpc) is 2.76. The molecule has 2 aromatic carbocycles. The second kappa shape index (κ2) is 10.4. The summed E-state index contributed by atoms with van der Waals surface area (Å²) in [7, 11) is 0. The fourth-order valence-corrected chi connectivity index (χ4v) is 2.98. The summed E-state index contributed by atoms with van der Waals surface area (Å²) < 4.78 is 43.4. The number of carbonyl (C=O) groups excluding carboxylic acids is 1. The first-order valence-electron chi connectivity index (χ1n) is 9.11. The molecule has 34 heavy (non-hydrogen) atoms. The maximum atomic E-state index is 12.7. The van der Waals surface area contributed by atoms with Crippen molar-refractivity contribution in [1.29, 1.82) is 0 Å². The SMILES string of the molecule is O=C(COc1ccc(Cl)cc1Cl)NNc1ncnc(Nc2ccc(C(F)(F)F)cc2)c1[N+](=O)[O-]. The van der Waals surface area contributed by atoms with Gasteiger partial charge in [0.05, 0.1) is 15.5 Å². The first-order valence-corrected chi connectivity index (χ1v) is 9.86. The van der Waals surface area contributed by atoms with E-state index in [0.29, 0.717) is 5.02 Å². The van der Waals surface area contributed by atoms with Gasteiger partial charge in [0, 0.05) is 10.7 Å². The zero-order chi connectivity index (χ0) is 24.9. The lowest BCUT2D eigenvalue weighted by Gasteiger charge is -2.12. The van der Waals surface area contributed by atoms with Gasteiger partial charge in [-0.2, -0.15) is 13.2 Å². The highest BCUT2D eigenvalue weighted by Crippen LogP contribution is 2.33. The molecule has 1 heterocycles. The molecule has 0 aliphatic rings. The predicted molar refractivity (Wildman–Crippen MR) is 117 cm³/mol. The number of benzene rings is 2. The molecule has 0 bridgehead atoms. The molecule has 0 spiro atoms. The number of nitro groups is 1. The molecule has 0 aliphatic carbocycles. The third-order valence-electron chi connectivity index (χ3n) is 4.05. The summed E-state index contributed by atoms with van der Waals surface area (Å²) in [6, 6.07) is 8.17. The maximum absolute atomic E-state index is 12.7. The van der Waals surface area contributed by atoms with E-state index in [2.05, 4.69) is 26.1 Å². The lowest BCUT2D eigenvalue weighted by atomic mass is 10.2. The normalized spacial score (nSPS) is 11.0. The van der Waals surface area contributed by atoms with Crippen molar-refractivity contribution in [1.82, 2.24) is 15.4 Å². The number of hydrogen-bond donors (Lipinski definition) is 3. The minimum Gasteiger partial charge on any atom is -0.482 e. The Morgan fingerprint density at radius 3 is 2.38 bits per heavy atom. The van der Waals surface area contributed by atoms with Crippen LogP contribution in [-0.4, -0.2) is 27.4 Å². The molecule has 0 unspecified atom stereocenters. The van der Waals surface area contributed by atoms with Crippen LogP contribution in [0, 0.1) is 10.1 Å². The van der Waals surface area contributed by atoms with Crippen molar-refractivity contribution in [3.05, 3.63) is 74.5 Å². The Labute approximate surface area is 199 Å². The van der Waals surface area contributed by atoms with Gasteiger partial charge >= 0.3 is 11.9 Å². The van der Waals surface area contributed by atoms with Gasteiger partial charge in [0.1, 0.15) is 12.1 Å². The summed E-state index contributed by atoms with van der Waals surface area (Å²) in [6.07, 6.45) is -3.57. The van der Waals surface area contributed by atoms with E-state index in [1.165, 1.54) is 18.2 Å². The number of halogens is 5. The number of nitrogens with zero attached hydrogens (tertiary/aromatic N) is 3. The van der Waals surface area contributed by atoms with Crippen molar-refractivity contribution in [3.63, 3.8) is 0 Å². The Balaban J connectivity index is 1.68. The Kier molecular flexibility index (Phi) is 7.58. The highest BCUT2D eigenvalue weighted by Gasteiger charge is 2.30. The number of hydrogen-bond acceptors (Lipinski definition) is 8. The second-order valence-corrected chi connectivity index (χ2v) is 7.26. The van der Waals surface area contributed by atoms with Crippen LogP contribution < -0.4 is 20.9 Å². The van der Waals surface area contributed by atoms with Gasteiger partial charge in [-0.05, 0) is 42.5 Å². The van der Waals surface area contributed by atoms with Gasteiger partial charge in [-0.25, -0.2) is 9.97 Å². The van der Waals surface area contributed by atoms with E-state index >= 15 is 0 Å². The molecule has 0 fully saturated rings. The number of amides is 1. The Bertz CT molecular complexity index is 1210. The summed E-state index contributed by atoms with van der Waals surface area (Å²) >= 11 is 11.7. The number of rotatable bonds is 8. The molecule has 1 amide bonds. The standard InChI is InChI=1S/C19H13Cl2F3N6O4/c20-11-3-6-14(13(21)7-11)34-8-15(31)28-29-18-16(30(32)33)17(25-9-26-18)27-12-4-1-10(2-5-12)19(22,23)24/h1-7,9H,8H2,(H,28,31)(H2,25,26,27,29). The number of alkyl halides is 3. The fraction of sp³-hybridized carbons (Fsp3) is 0.105. The lowest BCUT2D eigenvalue weighted by Crippen LogP contribution is -2.34. The molecule has 15 heteroatoms. The van der Waals surface area contributed by atoms with Crippen LogP contribution in [0.25, 0.3) is 0 Å². The minimum absolute atomic E-state index is 0.109. The van der Waals surface area contributed by atoms with Gasteiger partial charge < -0.3 is 10.1 Å². The summed E-state index contributed by atoms with van der Waals surface area (Å²) in [6.45, 7) is -0.496. The van der Waals surface area contributed by atoms with Crippen molar-refractivity contribution in [2.75, 3.05) is 17.3 Å². The van der Waals surface area contributed by atoms with Gasteiger partial charge in [0.2, 0.25) is 11.6 Å². The van der Waals surface area contributed by atoms with Crippen LogP contribution >= 0.6 is 23.2 Å². The van der Waals surface area contributed by atoms with Crippen molar-refractivity contribution < 1.29 is 27.6 Å². The molecule has 0 radical (unpaired) electrons. The summed E-state index contributed by atoms with van der Waals surface area (Å²) in [5.74, 6) is -1.23. The quantitative estimate of drug-likeness (QED) is 0.282. The van der Waals surface area contributed by atoms with Crippen LogP contribution in [0.1, 0.15) is 5.56 Å². The minimum atomic E-state index is -4.53. The molecule has 1 aromatic heterocycles. The van der Waals surface area contributed by atoms with Crippen LogP contribution in [0.2, 0.25) is 10.0 Å². The second-order valence-electron chi connectivity index (χ2n) is 6.41. The topological polar surface area (TPSA) is 131 Å². The van der Waals surface area contributed by atoms with E-state index in [4.69, 9.17) is 27.9 Å². The summed E-state index contributed by atoms with van der Waals surface area (Å²) in [4.78, 5) is 30.3. The van der Waals surface area contributed by atoms with Gasteiger partial charge in [0.15, 0.2) is 6.61 Å². The van der Waals surface area contributed by atoms with Crippen molar-refractivity contribution in [3.8, 4) is 5.75 Å². The van der Waals surface area contributed by atoms with Gasteiger partial charge in [0.25, 0.3) is 5.91 Å². The number of hydrazine groups is 1. The molecule has 0 saturated heterocycles. The Morgan fingerprint density at radius 2 is 1.76 bits per heavy atom. The average molecular weight is 517 g/mol. The number of aromatic nitrogens is 2. The first-order chi connectivity index (χ1) is 16.0. The molecule has 3 rings (SSSR count). The van der Waals surface area contributed by atoms with Crippen molar-refractivity contribution in [2.24, 2.45) is 0 Å². The Hall–Kier alpha value is -3.84. The van der Waals surface area contributed by atoms with Crippen LogP contribution in [0.15, 0.2) is 48.8 Å². The Morgan fingerprint density at radius 1 is 1.09 bits per heavy atom. The van der Waals surface area contributed by atoms with E-state index < -0.39 is 34.9 Å². The molecule has 0 aliphatic heterocycles. The summed E-state index contributed by atoms with van der Waals surface area (Å²) in [5.41, 5.74) is 3.03. The molecule has 178 valence electrons. The number of carbonyl (C=O) groups is 1. The van der Waals surface area contributed by atoms with E-state index in [1.54, 1.807) is 0 Å². The van der Waals surface area contributed by atoms with E-state index in [-0.39, 0.29) is 28.1 Å². The highest BCUT2D eigenvalue weighted by atomic mass is 35.5. The van der Waals surface area contributed by atoms with Crippen molar-refractivity contribution >= 4 is 52.1 Å². The smallest absolute Gasteiger partial charge is 0.416 e. The van der Waals surface area contributed by atoms with E-state index in [0.717, 1.165) is 30.6 Å². The van der Waals surface area contributed by atoms with Crippen LogP contribution in [0.5, 0.6) is 5.75 Å². The first kappa shape index (κ1) is 24.8. The van der Waals surface area contributed by atoms with Crippen LogP contribution in [0.4, 0.5) is 36.2 Å². The van der Waals surface area contributed by atoms with Gasteiger partial charge in [-0.3, -0.25) is 25.8 Å². The highest BCUT2D eigenvalue weighted by molar-refractivity contribution is 6.35. The van der Waals surface area contributed by atoms with Crippen molar-refractivity contribution in [2.45, 2.75) is 6.18 Å². The largest absolute Gasteiger partial charge is 0.482 e. The van der Waals surface area contributed by atoms with Crippen LogP contribution in [0.3, 0.4) is 0 Å². The monoisotopic (exact) mass is 516 g/mol. The number of anilines is 3. The van der Waals surface area contributed by atoms with E-state index in [9.17, 15) is 28.1 Å². The molecular weight excluding hydrogens is 504 g/mol. The maximum Gasteiger partial charge on any atom is 0.416 e. The zero-order valence-electron chi connectivity index (χ0n) is 16.7. The zero-order valence-corrected chi connectivity index (χ0v) is 18.2. The van der Waals surface area contributed by atoms with E-state index in [1.807, 2.05) is 0 Å². The molecule has 10 nitrogen and oxygen atoms in total. The number of ether oxygens (including phenoxy) is 1.